The summed E-state index contributed by atoms with van der Waals surface area (Å²) in [7, 11) is 2.88. The lowest BCUT2D eigenvalue weighted by atomic mass is 10.5. The van der Waals surface area contributed by atoms with Crippen molar-refractivity contribution in [2.24, 2.45) is 0 Å². The van der Waals surface area contributed by atoms with Crippen LogP contribution >= 0.6 is 0 Å². The van der Waals surface area contributed by atoms with Crippen molar-refractivity contribution in [3.8, 4) is 12.0 Å². The summed E-state index contributed by atoms with van der Waals surface area (Å²) in [5, 5.41) is 6.62. The zero-order chi connectivity index (χ0) is 14.4. The largest absolute Gasteiger partial charge is 0.467 e. The Morgan fingerprint density at radius 2 is 1.95 bits per heavy atom. The molecule has 2 rings (SSSR count). The minimum atomic E-state index is -0.202. The maximum absolute atomic E-state index is 11.7. The molecule has 0 spiro atoms. The van der Waals surface area contributed by atoms with Crippen molar-refractivity contribution >= 4 is 5.91 Å². The average Bonchev–Trinajstić information content (AvgIpc) is 2.97. The number of amides is 1. The topological polar surface area (TPSA) is 104 Å². The molecule has 1 amide bonds. The van der Waals surface area contributed by atoms with Gasteiger partial charge in [0.2, 0.25) is 5.91 Å². The molecule has 2 aromatic rings. The van der Waals surface area contributed by atoms with E-state index in [0.717, 1.165) is 0 Å². The van der Waals surface area contributed by atoms with Gasteiger partial charge in [0.05, 0.1) is 20.8 Å². The molecule has 9 nitrogen and oxygen atoms in total. The highest BCUT2D eigenvalue weighted by Gasteiger charge is 2.09. The number of carbonyl (C=O) groups excluding carboxylic acids is 1. The molecule has 0 aliphatic heterocycles. The van der Waals surface area contributed by atoms with Gasteiger partial charge < -0.3 is 14.8 Å². The van der Waals surface area contributed by atoms with Crippen LogP contribution in [-0.4, -0.2) is 44.9 Å². The third kappa shape index (κ3) is 3.64. The van der Waals surface area contributed by atoms with E-state index < -0.39 is 0 Å². The Morgan fingerprint density at radius 3 is 2.50 bits per heavy atom. The molecular weight excluding hydrogens is 264 g/mol. The molecule has 0 saturated heterocycles. The summed E-state index contributed by atoms with van der Waals surface area (Å²) in [5.74, 6) is 0.148. The fourth-order valence-corrected chi connectivity index (χ4v) is 1.41. The second-order valence-electron chi connectivity index (χ2n) is 3.71. The first-order chi connectivity index (χ1) is 9.71. The number of hydrogen-bond acceptors (Lipinski definition) is 7. The number of nitrogens with one attached hydrogen (secondary N) is 1. The van der Waals surface area contributed by atoms with Gasteiger partial charge in [-0.05, 0) is 6.07 Å². The van der Waals surface area contributed by atoms with Gasteiger partial charge in [-0.3, -0.25) is 9.48 Å². The number of hydrogen-bond donors (Lipinski definition) is 1. The van der Waals surface area contributed by atoms with Crippen molar-refractivity contribution in [3.05, 3.63) is 24.3 Å². The van der Waals surface area contributed by atoms with Crippen molar-refractivity contribution in [2.75, 3.05) is 14.2 Å². The van der Waals surface area contributed by atoms with Gasteiger partial charge >= 0.3 is 12.0 Å². The molecule has 0 unspecified atom stereocenters. The number of ether oxygens (including phenoxy) is 2. The van der Waals surface area contributed by atoms with E-state index in [4.69, 9.17) is 9.47 Å². The lowest BCUT2D eigenvalue weighted by Gasteiger charge is -2.06. The SMILES string of the molecule is COc1nc(CNC(=O)Cn2cccn2)nc(OC)n1. The number of nitrogens with zero attached hydrogens (tertiary/aromatic N) is 5. The molecule has 0 bridgehead atoms. The molecule has 106 valence electrons. The van der Waals surface area contributed by atoms with Crippen molar-refractivity contribution in [1.29, 1.82) is 0 Å². The van der Waals surface area contributed by atoms with E-state index in [-0.39, 0.29) is 31.0 Å². The van der Waals surface area contributed by atoms with E-state index in [2.05, 4.69) is 25.4 Å². The van der Waals surface area contributed by atoms with Crippen LogP contribution in [0.2, 0.25) is 0 Å². The Morgan fingerprint density at radius 1 is 1.25 bits per heavy atom. The fraction of sp³-hybridized carbons (Fsp3) is 0.364. The quantitative estimate of drug-likeness (QED) is 0.752. The van der Waals surface area contributed by atoms with Crippen LogP contribution in [0.4, 0.5) is 0 Å². The summed E-state index contributed by atoms with van der Waals surface area (Å²) in [4.78, 5) is 23.6. The molecule has 0 saturated carbocycles. The van der Waals surface area contributed by atoms with Crippen LogP contribution < -0.4 is 14.8 Å². The molecular formula is C11H14N6O3. The highest BCUT2D eigenvalue weighted by Crippen LogP contribution is 2.08. The fourth-order valence-electron chi connectivity index (χ4n) is 1.41. The first kappa shape index (κ1) is 13.7. The van der Waals surface area contributed by atoms with Crippen LogP contribution in [0.1, 0.15) is 5.82 Å². The van der Waals surface area contributed by atoms with E-state index in [1.165, 1.54) is 18.9 Å². The summed E-state index contributed by atoms with van der Waals surface area (Å²) in [6, 6.07) is 2.01. The number of aromatic nitrogens is 5. The molecule has 20 heavy (non-hydrogen) atoms. The predicted molar refractivity (Wildman–Crippen MR) is 67.0 cm³/mol. The van der Waals surface area contributed by atoms with E-state index in [1.807, 2.05) is 0 Å². The van der Waals surface area contributed by atoms with Gasteiger partial charge in [-0.1, -0.05) is 0 Å². The van der Waals surface area contributed by atoms with Gasteiger partial charge in [-0.2, -0.15) is 15.1 Å². The first-order valence-corrected chi connectivity index (χ1v) is 5.78. The van der Waals surface area contributed by atoms with Crippen molar-refractivity contribution in [3.63, 3.8) is 0 Å². The standard InChI is InChI=1S/C11H14N6O3/c1-19-10-14-8(15-11(16-10)20-2)6-12-9(18)7-17-5-3-4-13-17/h3-5H,6-7H2,1-2H3,(H,12,18). The van der Waals surface area contributed by atoms with Crippen LogP contribution in [0.5, 0.6) is 12.0 Å². The van der Waals surface area contributed by atoms with Gasteiger partial charge in [-0.25, -0.2) is 0 Å². The van der Waals surface area contributed by atoms with Crippen LogP contribution in [-0.2, 0) is 17.9 Å². The Hall–Kier alpha value is -2.71. The average molecular weight is 278 g/mol. The Bertz CT molecular complexity index is 549. The van der Waals surface area contributed by atoms with Crippen molar-refractivity contribution in [1.82, 2.24) is 30.0 Å². The highest BCUT2D eigenvalue weighted by molar-refractivity contribution is 5.75. The third-order valence-corrected chi connectivity index (χ3v) is 2.31. The van der Waals surface area contributed by atoms with Crippen LogP contribution in [0.3, 0.4) is 0 Å². The molecule has 0 atom stereocenters. The summed E-state index contributed by atoms with van der Waals surface area (Å²) < 4.78 is 11.4. The normalized spacial score (nSPS) is 10.1. The number of rotatable bonds is 6. The molecule has 0 aliphatic carbocycles. The minimum absolute atomic E-state index is 0.131. The highest BCUT2D eigenvalue weighted by atomic mass is 16.5. The van der Waals surface area contributed by atoms with E-state index in [0.29, 0.717) is 5.82 Å². The van der Waals surface area contributed by atoms with Crippen molar-refractivity contribution in [2.45, 2.75) is 13.1 Å². The van der Waals surface area contributed by atoms with Gasteiger partial charge in [0.15, 0.2) is 5.82 Å². The lowest BCUT2D eigenvalue weighted by Crippen LogP contribution is -2.28. The van der Waals surface area contributed by atoms with Gasteiger partial charge in [0.25, 0.3) is 0 Å². The monoisotopic (exact) mass is 278 g/mol. The summed E-state index contributed by atoms with van der Waals surface area (Å²) in [6.07, 6.45) is 3.31. The smallest absolute Gasteiger partial charge is 0.322 e. The summed E-state index contributed by atoms with van der Waals surface area (Å²) in [6.45, 7) is 0.279. The first-order valence-electron chi connectivity index (χ1n) is 5.78. The van der Waals surface area contributed by atoms with Crippen LogP contribution in [0.15, 0.2) is 18.5 Å². The lowest BCUT2D eigenvalue weighted by molar-refractivity contribution is -0.122. The third-order valence-electron chi connectivity index (χ3n) is 2.31. The zero-order valence-corrected chi connectivity index (χ0v) is 11.1. The second-order valence-corrected chi connectivity index (χ2v) is 3.71. The zero-order valence-electron chi connectivity index (χ0n) is 11.1. The molecule has 0 aromatic carbocycles. The van der Waals surface area contributed by atoms with E-state index in [9.17, 15) is 4.79 Å². The molecule has 2 heterocycles. The van der Waals surface area contributed by atoms with Gasteiger partial charge in [0, 0.05) is 12.4 Å². The number of carbonyl (C=O) groups is 1. The minimum Gasteiger partial charge on any atom is -0.467 e. The summed E-state index contributed by atoms with van der Waals surface area (Å²) >= 11 is 0. The maximum Gasteiger partial charge on any atom is 0.322 e. The molecule has 2 aromatic heterocycles. The molecule has 1 N–H and O–H groups in total. The molecule has 9 heteroatoms. The second kappa shape index (κ2) is 6.45. The number of methoxy groups -OCH3 is 2. The van der Waals surface area contributed by atoms with Gasteiger partial charge in [0.1, 0.15) is 6.54 Å². The summed E-state index contributed by atoms with van der Waals surface area (Å²) in [5.41, 5.74) is 0. The predicted octanol–water partition coefficient (Wildman–Crippen LogP) is -0.598. The van der Waals surface area contributed by atoms with E-state index >= 15 is 0 Å². The van der Waals surface area contributed by atoms with Crippen LogP contribution in [0.25, 0.3) is 0 Å². The molecule has 0 aliphatic rings. The Kier molecular flexibility index (Phi) is 4.43. The molecule has 0 fully saturated rings. The van der Waals surface area contributed by atoms with E-state index in [1.54, 1.807) is 18.5 Å². The maximum atomic E-state index is 11.7. The Balaban J connectivity index is 1.94. The molecule has 0 radical (unpaired) electrons. The van der Waals surface area contributed by atoms with Crippen molar-refractivity contribution < 1.29 is 14.3 Å². The van der Waals surface area contributed by atoms with Gasteiger partial charge in [-0.15, -0.1) is 4.98 Å². The van der Waals surface area contributed by atoms with Crippen LogP contribution in [0, 0.1) is 0 Å². The Labute approximate surface area is 115 Å².